The highest BCUT2D eigenvalue weighted by Gasteiger charge is 2.12. The molecule has 118 valence electrons. The molecule has 0 spiro atoms. The predicted molar refractivity (Wildman–Crippen MR) is 91.1 cm³/mol. The average molecular weight is 358 g/mol. The fourth-order valence-corrected chi connectivity index (χ4v) is 2.70. The van der Waals surface area contributed by atoms with E-state index in [0.29, 0.717) is 32.3 Å². The van der Waals surface area contributed by atoms with Crippen LogP contribution in [0.1, 0.15) is 15.9 Å². The van der Waals surface area contributed by atoms with Crippen molar-refractivity contribution < 1.29 is 9.21 Å². The zero-order chi connectivity index (χ0) is 17.3. The number of hydrogen-bond acceptors (Lipinski definition) is 4. The number of primary amides is 1. The van der Waals surface area contributed by atoms with Gasteiger partial charge >= 0.3 is 0 Å². The Labute approximate surface area is 146 Å². The summed E-state index contributed by atoms with van der Waals surface area (Å²) in [7, 11) is 0. The number of carbonyl (C=O) groups is 1. The first-order valence-corrected chi connectivity index (χ1v) is 7.51. The summed E-state index contributed by atoms with van der Waals surface area (Å²) in [6, 6.07) is 13.2. The molecule has 7 heteroatoms. The van der Waals surface area contributed by atoms with Gasteiger partial charge in [0, 0.05) is 10.4 Å². The SMILES string of the molecule is N#Cc1ccc(N=c2oc3c(Cl)cc(Cl)cc3cc2C(N)=O)cc1. The largest absolute Gasteiger partial charge is 0.436 e. The van der Waals surface area contributed by atoms with Gasteiger partial charge < -0.3 is 10.2 Å². The van der Waals surface area contributed by atoms with E-state index in [1.807, 2.05) is 6.07 Å². The fraction of sp³-hybridized carbons (Fsp3) is 0. The van der Waals surface area contributed by atoms with Crippen LogP contribution in [0.15, 0.2) is 51.9 Å². The minimum absolute atomic E-state index is 0.0314. The Balaban J connectivity index is 2.28. The van der Waals surface area contributed by atoms with Crippen LogP contribution in [0.5, 0.6) is 0 Å². The van der Waals surface area contributed by atoms with Gasteiger partial charge in [-0.2, -0.15) is 5.26 Å². The zero-order valence-corrected chi connectivity index (χ0v) is 13.6. The Morgan fingerprint density at radius 1 is 1.17 bits per heavy atom. The summed E-state index contributed by atoms with van der Waals surface area (Å²) < 4.78 is 5.68. The number of nitrogens with two attached hydrogens (primary N) is 1. The van der Waals surface area contributed by atoms with Gasteiger partial charge in [-0.15, -0.1) is 0 Å². The third kappa shape index (κ3) is 3.11. The molecule has 0 fully saturated rings. The minimum Gasteiger partial charge on any atom is -0.436 e. The lowest BCUT2D eigenvalue weighted by Crippen LogP contribution is -2.21. The molecule has 3 rings (SSSR count). The molecule has 3 aromatic rings. The van der Waals surface area contributed by atoms with E-state index >= 15 is 0 Å². The van der Waals surface area contributed by atoms with Crippen LogP contribution < -0.4 is 11.3 Å². The average Bonchev–Trinajstić information content (AvgIpc) is 2.55. The van der Waals surface area contributed by atoms with Gasteiger partial charge in [0.2, 0.25) is 5.55 Å². The molecule has 0 saturated heterocycles. The third-order valence-electron chi connectivity index (χ3n) is 3.26. The van der Waals surface area contributed by atoms with Gasteiger partial charge in [0.05, 0.1) is 22.3 Å². The Hall–Kier alpha value is -2.81. The second-order valence-electron chi connectivity index (χ2n) is 4.91. The number of fused-ring (bicyclic) bond motifs is 1. The Morgan fingerprint density at radius 2 is 1.88 bits per heavy atom. The molecule has 1 aromatic heterocycles. The van der Waals surface area contributed by atoms with Crippen molar-refractivity contribution in [1.82, 2.24) is 0 Å². The van der Waals surface area contributed by atoms with Crippen LogP contribution in [0.4, 0.5) is 5.69 Å². The van der Waals surface area contributed by atoms with Crippen molar-refractivity contribution >= 4 is 45.8 Å². The molecule has 1 heterocycles. The van der Waals surface area contributed by atoms with Crippen molar-refractivity contribution in [3.63, 3.8) is 0 Å². The van der Waals surface area contributed by atoms with Crippen LogP contribution >= 0.6 is 23.2 Å². The molecule has 0 aliphatic rings. The molecule has 2 N–H and O–H groups in total. The lowest BCUT2D eigenvalue weighted by molar-refractivity contribution is 0.0996. The van der Waals surface area contributed by atoms with Gasteiger partial charge in [-0.3, -0.25) is 4.79 Å². The standard InChI is InChI=1S/C17H9Cl2N3O2/c18-11-5-10-6-13(16(21)23)17(24-15(10)14(19)7-11)22-12-3-1-9(8-20)2-4-12/h1-7H,(H2,21,23). The summed E-state index contributed by atoms with van der Waals surface area (Å²) in [5.74, 6) is -0.691. The van der Waals surface area contributed by atoms with Crippen molar-refractivity contribution in [2.24, 2.45) is 10.7 Å². The van der Waals surface area contributed by atoms with Gasteiger partial charge in [-0.1, -0.05) is 23.2 Å². The molecule has 0 aliphatic heterocycles. The summed E-state index contributed by atoms with van der Waals surface area (Å²) in [6.45, 7) is 0. The third-order valence-corrected chi connectivity index (χ3v) is 3.76. The molecule has 0 aliphatic carbocycles. The maximum absolute atomic E-state index is 11.7. The van der Waals surface area contributed by atoms with Crippen molar-refractivity contribution in [2.45, 2.75) is 0 Å². The van der Waals surface area contributed by atoms with E-state index in [1.165, 1.54) is 12.1 Å². The maximum Gasteiger partial charge on any atom is 0.254 e. The number of rotatable bonds is 2. The molecule has 24 heavy (non-hydrogen) atoms. The van der Waals surface area contributed by atoms with E-state index in [4.69, 9.17) is 38.6 Å². The summed E-state index contributed by atoms with van der Waals surface area (Å²) in [4.78, 5) is 16.0. The molecule has 0 bridgehead atoms. The zero-order valence-electron chi connectivity index (χ0n) is 12.1. The Kier molecular flexibility index (Phi) is 4.26. The molecule has 0 saturated carbocycles. The monoisotopic (exact) mass is 357 g/mol. The van der Waals surface area contributed by atoms with E-state index in [0.717, 1.165) is 0 Å². The molecule has 1 amide bonds. The highest BCUT2D eigenvalue weighted by molar-refractivity contribution is 6.38. The number of amides is 1. The first-order valence-electron chi connectivity index (χ1n) is 6.75. The molecule has 0 radical (unpaired) electrons. The van der Waals surface area contributed by atoms with Crippen molar-refractivity contribution in [3.8, 4) is 6.07 Å². The summed E-state index contributed by atoms with van der Waals surface area (Å²) in [6.07, 6.45) is 0. The molecular weight excluding hydrogens is 349 g/mol. The van der Waals surface area contributed by atoms with Crippen molar-refractivity contribution in [2.75, 3.05) is 0 Å². The molecular formula is C17H9Cl2N3O2. The van der Waals surface area contributed by atoms with Crippen LogP contribution in [0.2, 0.25) is 10.0 Å². The van der Waals surface area contributed by atoms with Gasteiger partial charge in [-0.25, -0.2) is 4.99 Å². The van der Waals surface area contributed by atoms with Crippen molar-refractivity contribution in [1.29, 1.82) is 5.26 Å². The van der Waals surface area contributed by atoms with E-state index in [-0.39, 0.29) is 11.1 Å². The number of nitrogens with zero attached hydrogens (tertiary/aromatic N) is 2. The normalized spacial score (nSPS) is 11.5. The molecule has 5 nitrogen and oxygen atoms in total. The van der Waals surface area contributed by atoms with Crippen LogP contribution in [0, 0.1) is 11.3 Å². The topological polar surface area (TPSA) is 92.4 Å². The van der Waals surface area contributed by atoms with Gasteiger partial charge in [0.15, 0.2) is 5.58 Å². The first-order chi connectivity index (χ1) is 11.5. The quantitative estimate of drug-likeness (QED) is 0.752. The second-order valence-corrected chi connectivity index (χ2v) is 5.75. The number of benzene rings is 2. The number of carbonyl (C=O) groups excluding carboxylic acids is 1. The van der Waals surface area contributed by atoms with E-state index in [2.05, 4.69) is 4.99 Å². The van der Waals surface area contributed by atoms with E-state index in [1.54, 1.807) is 30.3 Å². The van der Waals surface area contributed by atoms with Crippen LogP contribution in [0.3, 0.4) is 0 Å². The summed E-state index contributed by atoms with van der Waals surface area (Å²) in [5.41, 5.74) is 6.89. The highest BCUT2D eigenvalue weighted by atomic mass is 35.5. The predicted octanol–water partition coefficient (Wildman–Crippen LogP) is 3.94. The summed E-state index contributed by atoms with van der Waals surface area (Å²) in [5, 5.41) is 10.1. The van der Waals surface area contributed by atoms with E-state index in [9.17, 15) is 4.79 Å². The van der Waals surface area contributed by atoms with Gasteiger partial charge in [0.1, 0.15) is 5.56 Å². The van der Waals surface area contributed by atoms with Crippen molar-refractivity contribution in [3.05, 3.63) is 69.2 Å². The first kappa shape index (κ1) is 16.1. The van der Waals surface area contributed by atoms with Crippen LogP contribution in [-0.2, 0) is 0 Å². The molecule has 2 aromatic carbocycles. The lowest BCUT2D eigenvalue weighted by Gasteiger charge is -2.04. The van der Waals surface area contributed by atoms with Crippen LogP contribution in [0.25, 0.3) is 11.0 Å². The van der Waals surface area contributed by atoms with Gasteiger partial charge in [0.25, 0.3) is 5.91 Å². The van der Waals surface area contributed by atoms with Crippen LogP contribution in [-0.4, -0.2) is 5.91 Å². The fourth-order valence-electron chi connectivity index (χ4n) is 2.15. The Morgan fingerprint density at radius 3 is 2.50 bits per heavy atom. The number of hydrogen-bond donors (Lipinski definition) is 1. The lowest BCUT2D eigenvalue weighted by atomic mass is 10.1. The van der Waals surface area contributed by atoms with E-state index < -0.39 is 5.91 Å². The maximum atomic E-state index is 11.7. The van der Waals surface area contributed by atoms with Gasteiger partial charge in [-0.05, 0) is 42.5 Å². The summed E-state index contributed by atoms with van der Waals surface area (Å²) >= 11 is 12.1. The molecule has 0 atom stereocenters. The smallest absolute Gasteiger partial charge is 0.254 e. The number of halogens is 2. The second kappa shape index (κ2) is 6.36. The Bertz CT molecular complexity index is 1060. The highest BCUT2D eigenvalue weighted by Crippen LogP contribution is 2.27. The molecule has 0 unspecified atom stereocenters. The number of nitriles is 1. The minimum atomic E-state index is -0.691.